The van der Waals surface area contributed by atoms with E-state index in [2.05, 4.69) is 17.0 Å². The number of unbranched alkanes of at least 4 members (excludes halogenated alkanes) is 3. The van der Waals surface area contributed by atoms with E-state index in [0.29, 0.717) is 18.2 Å². The second-order valence-electron chi connectivity index (χ2n) is 6.08. The normalized spacial score (nSPS) is 11.2. The zero-order chi connectivity index (χ0) is 19.9. The third-order valence-corrected chi connectivity index (χ3v) is 5.30. The average Bonchev–Trinajstić information content (AvgIpc) is 2.64. The first kappa shape index (κ1) is 20.8. The van der Waals surface area contributed by atoms with Crippen LogP contribution in [0.1, 0.15) is 43.0 Å². The molecule has 5 nitrogen and oxygen atoms in total. The Morgan fingerprint density at radius 2 is 1.67 bits per heavy atom. The van der Waals surface area contributed by atoms with E-state index in [0.717, 1.165) is 37.8 Å². The molecular weight excluding hydrogens is 374 g/mol. The summed E-state index contributed by atoms with van der Waals surface area (Å²) in [5.74, 6) is -2.61. The molecular formula is C19H22F2N2O3S. The molecule has 0 saturated heterocycles. The van der Waals surface area contributed by atoms with Crippen LogP contribution in [0, 0.1) is 11.6 Å². The lowest BCUT2D eigenvalue weighted by atomic mass is 10.2. The fourth-order valence-electron chi connectivity index (χ4n) is 2.40. The highest BCUT2D eigenvalue weighted by molar-refractivity contribution is 7.92. The van der Waals surface area contributed by atoms with Gasteiger partial charge in [-0.25, -0.2) is 17.2 Å². The van der Waals surface area contributed by atoms with Crippen LogP contribution in [0.25, 0.3) is 0 Å². The first-order valence-corrected chi connectivity index (χ1v) is 10.2. The minimum Gasteiger partial charge on any atom is -0.352 e. The predicted molar refractivity (Wildman–Crippen MR) is 100 cm³/mol. The van der Waals surface area contributed by atoms with Gasteiger partial charge >= 0.3 is 0 Å². The molecule has 0 atom stereocenters. The zero-order valence-electron chi connectivity index (χ0n) is 15.0. The molecule has 0 spiro atoms. The molecule has 0 unspecified atom stereocenters. The van der Waals surface area contributed by atoms with Crippen LogP contribution in [0.2, 0.25) is 0 Å². The second-order valence-corrected chi connectivity index (χ2v) is 7.76. The first-order chi connectivity index (χ1) is 12.8. The molecule has 0 fully saturated rings. The number of carbonyl (C=O) groups is 1. The summed E-state index contributed by atoms with van der Waals surface area (Å²) >= 11 is 0. The van der Waals surface area contributed by atoms with Gasteiger partial charge in [-0.1, -0.05) is 26.2 Å². The Morgan fingerprint density at radius 3 is 2.30 bits per heavy atom. The van der Waals surface area contributed by atoms with Gasteiger partial charge in [0.2, 0.25) is 0 Å². The molecule has 1 amide bonds. The SMILES string of the molecule is CCCCCCNC(=O)c1ccc(NS(=O)(=O)c2ccc(F)c(F)c2)cc1. The van der Waals surface area contributed by atoms with E-state index in [1.807, 2.05) is 0 Å². The van der Waals surface area contributed by atoms with Gasteiger partial charge in [0.15, 0.2) is 11.6 Å². The number of benzene rings is 2. The Bertz CT molecular complexity index is 884. The van der Waals surface area contributed by atoms with Crippen molar-refractivity contribution in [1.82, 2.24) is 5.32 Å². The molecule has 8 heteroatoms. The van der Waals surface area contributed by atoms with E-state index in [-0.39, 0.29) is 11.6 Å². The third-order valence-electron chi connectivity index (χ3n) is 3.92. The molecule has 146 valence electrons. The highest BCUT2D eigenvalue weighted by Crippen LogP contribution is 2.18. The molecule has 27 heavy (non-hydrogen) atoms. The highest BCUT2D eigenvalue weighted by Gasteiger charge is 2.17. The summed E-state index contributed by atoms with van der Waals surface area (Å²) in [5.41, 5.74) is 0.612. The lowest BCUT2D eigenvalue weighted by molar-refractivity contribution is 0.0953. The summed E-state index contributed by atoms with van der Waals surface area (Å²) in [7, 11) is -4.07. The van der Waals surface area contributed by atoms with E-state index >= 15 is 0 Å². The van der Waals surface area contributed by atoms with Crippen LogP contribution >= 0.6 is 0 Å². The van der Waals surface area contributed by atoms with E-state index in [1.165, 1.54) is 24.3 Å². The van der Waals surface area contributed by atoms with Gasteiger partial charge in [0.25, 0.3) is 15.9 Å². The van der Waals surface area contributed by atoms with Crippen LogP contribution < -0.4 is 10.0 Å². The van der Waals surface area contributed by atoms with Crippen molar-refractivity contribution < 1.29 is 22.0 Å². The Hall–Kier alpha value is -2.48. The minimum absolute atomic E-state index is 0.208. The number of amides is 1. The number of rotatable bonds is 9. The van der Waals surface area contributed by atoms with Crippen molar-refractivity contribution in [3.8, 4) is 0 Å². The van der Waals surface area contributed by atoms with Crippen LogP contribution in [-0.2, 0) is 10.0 Å². The maximum Gasteiger partial charge on any atom is 0.261 e. The molecule has 0 aliphatic carbocycles. The van der Waals surface area contributed by atoms with E-state index in [4.69, 9.17) is 0 Å². The maximum atomic E-state index is 13.2. The van der Waals surface area contributed by atoms with Gasteiger partial charge in [0.05, 0.1) is 4.90 Å². The number of nitrogens with one attached hydrogen (secondary N) is 2. The Labute approximate surface area is 157 Å². The number of sulfonamides is 1. The lowest BCUT2D eigenvalue weighted by Crippen LogP contribution is -2.24. The summed E-state index contributed by atoms with van der Waals surface area (Å²) in [5, 5.41) is 2.81. The quantitative estimate of drug-likeness (QED) is 0.627. The summed E-state index contributed by atoms with van der Waals surface area (Å²) in [6, 6.07) is 8.18. The molecule has 0 aromatic heterocycles. The second kappa shape index (κ2) is 9.45. The molecule has 0 heterocycles. The Morgan fingerprint density at radius 1 is 0.963 bits per heavy atom. The molecule has 2 aromatic rings. The van der Waals surface area contributed by atoms with Crippen LogP contribution in [0.15, 0.2) is 47.4 Å². The average molecular weight is 396 g/mol. The molecule has 2 aromatic carbocycles. The molecule has 0 aliphatic rings. The van der Waals surface area contributed by atoms with E-state index in [9.17, 15) is 22.0 Å². The highest BCUT2D eigenvalue weighted by atomic mass is 32.2. The van der Waals surface area contributed by atoms with Crippen molar-refractivity contribution in [1.29, 1.82) is 0 Å². The fourth-order valence-corrected chi connectivity index (χ4v) is 3.47. The number of anilines is 1. The van der Waals surface area contributed by atoms with Gasteiger partial charge in [-0.3, -0.25) is 9.52 Å². The van der Waals surface area contributed by atoms with Crippen molar-refractivity contribution in [2.75, 3.05) is 11.3 Å². The zero-order valence-corrected chi connectivity index (χ0v) is 15.8. The van der Waals surface area contributed by atoms with Crippen molar-refractivity contribution in [3.63, 3.8) is 0 Å². The molecule has 2 N–H and O–H groups in total. The number of hydrogen-bond acceptors (Lipinski definition) is 3. The smallest absolute Gasteiger partial charge is 0.261 e. The van der Waals surface area contributed by atoms with Crippen LogP contribution in [0.5, 0.6) is 0 Å². The molecule has 2 rings (SSSR count). The summed E-state index contributed by atoms with van der Waals surface area (Å²) in [6.45, 7) is 2.70. The van der Waals surface area contributed by atoms with Gasteiger partial charge in [0.1, 0.15) is 0 Å². The van der Waals surface area contributed by atoms with Crippen LogP contribution in [0.3, 0.4) is 0 Å². The summed E-state index contributed by atoms with van der Waals surface area (Å²) < 4.78 is 52.9. The number of carbonyl (C=O) groups excluding carboxylic acids is 1. The van der Waals surface area contributed by atoms with Gasteiger partial charge in [-0.2, -0.15) is 0 Å². The van der Waals surface area contributed by atoms with Gasteiger partial charge < -0.3 is 5.32 Å². The summed E-state index contributed by atoms with van der Waals surface area (Å²) in [6.07, 6.45) is 4.21. The third kappa shape index (κ3) is 6.02. The van der Waals surface area contributed by atoms with Gasteiger partial charge in [-0.05, 0) is 48.9 Å². The van der Waals surface area contributed by atoms with E-state index in [1.54, 1.807) is 0 Å². The number of halogens is 2. The van der Waals surface area contributed by atoms with E-state index < -0.39 is 26.6 Å². The van der Waals surface area contributed by atoms with Crippen molar-refractivity contribution in [2.45, 2.75) is 37.5 Å². The number of hydrogen-bond donors (Lipinski definition) is 2. The Balaban J connectivity index is 1.98. The predicted octanol–water partition coefficient (Wildman–Crippen LogP) is 4.08. The minimum atomic E-state index is -4.07. The standard InChI is InChI=1S/C19H22F2N2O3S/c1-2-3-4-5-12-22-19(24)14-6-8-15(9-7-14)23-27(25,26)16-10-11-17(20)18(21)13-16/h6-11,13,23H,2-5,12H2,1H3,(H,22,24). The largest absolute Gasteiger partial charge is 0.352 e. The lowest BCUT2D eigenvalue weighted by Gasteiger charge is -2.09. The fraction of sp³-hybridized carbons (Fsp3) is 0.316. The van der Waals surface area contributed by atoms with Crippen molar-refractivity contribution in [2.24, 2.45) is 0 Å². The summed E-state index contributed by atoms with van der Waals surface area (Å²) in [4.78, 5) is 11.6. The molecule has 0 bridgehead atoms. The van der Waals surface area contributed by atoms with Crippen molar-refractivity contribution >= 4 is 21.6 Å². The Kier molecular flexibility index (Phi) is 7.29. The molecule has 0 aliphatic heterocycles. The van der Waals surface area contributed by atoms with Gasteiger partial charge in [-0.15, -0.1) is 0 Å². The first-order valence-electron chi connectivity index (χ1n) is 8.69. The van der Waals surface area contributed by atoms with Crippen LogP contribution in [0.4, 0.5) is 14.5 Å². The monoisotopic (exact) mass is 396 g/mol. The maximum absolute atomic E-state index is 13.2. The topological polar surface area (TPSA) is 75.3 Å². The molecule has 0 radical (unpaired) electrons. The van der Waals surface area contributed by atoms with Crippen molar-refractivity contribution in [3.05, 3.63) is 59.7 Å². The molecule has 0 saturated carbocycles. The van der Waals surface area contributed by atoms with Crippen LogP contribution in [-0.4, -0.2) is 20.9 Å². The van der Waals surface area contributed by atoms with Gasteiger partial charge in [0, 0.05) is 17.8 Å².